The normalized spacial score (nSPS) is 22.3. The Hall–Kier alpha value is 0.220. The van der Waals surface area contributed by atoms with Gasteiger partial charge in [-0.3, -0.25) is 0 Å². The van der Waals surface area contributed by atoms with E-state index in [1.54, 1.807) is 0 Å². The van der Waals surface area contributed by atoms with E-state index in [4.69, 9.17) is 0 Å². The van der Waals surface area contributed by atoms with Gasteiger partial charge in [-0.15, -0.1) is 0 Å². The van der Waals surface area contributed by atoms with Gasteiger partial charge in [0, 0.05) is 12.1 Å². The maximum absolute atomic E-state index is 12.0. The van der Waals surface area contributed by atoms with Crippen LogP contribution in [0.15, 0.2) is 0 Å². The molecule has 0 bridgehead atoms. The van der Waals surface area contributed by atoms with E-state index in [1.807, 2.05) is 18.7 Å². The quantitative estimate of drug-likeness (QED) is 0.639. The van der Waals surface area contributed by atoms with Crippen molar-refractivity contribution in [1.82, 2.24) is 10.0 Å². The number of hydrogen-bond acceptors (Lipinski definition) is 4. The van der Waals surface area contributed by atoms with Gasteiger partial charge in [0.1, 0.15) is 0 Å². The molecule has 1 fully saturated rings. The van der Waals surface area contributed by atoms with Gasteiger partial charge in [-0.25, -0.2) is 13.1 Å². The van der Waals surface area contributed by atoms with E-state index in [1.165, 1.54) is 12.8 Å². The van der Waals surface area contributed by atoms with Crippen LogP contribution in [-0.2, 0) is 10.0 Å². The molecule has 0 spiro atoms. The number of piperidine rings is 1. The molecule has 0 saturated carbocycles. The zero-order chi connectivity index (χ0) is 14.1. The van der Waals surface area contributed by atoms with Crippen LogP contribution >= 0.6 is 11.8 Å². The van der Waals surface area contributed by atoms with Gasteiger partial charge in [-0.05, 0) is 50.7 Å². The Kier molecular flexibility index (Phi) is 8.37. The van der Waals surface area contributed by atoms with E-state index in [9.17, 15) is 8.42 Å². The van der Waals surface area contributed by atoms with Crippen LogP contribution in [0.4, 0.5) is 0 Å². The minimum atomic E-state index is -3.12. The van der Waals surface area contributed by atoms with Gasteiger partial charge in [0.2, 0.25) is 10.0 Å². The maximum atomic E-state index is 12.0. The highest BCUT2D eigenvalue weighted by Crippen LogP contribution is 2.11. The molecule has 0 aliphatic carbocycles. The van der Waals surface area contributed by atoms with Gasteiger partial charge >= 0.3 is 0 Å². The number of sulfonamides is 1. The second kappa shape index (κ2) is 9.21. The largest absolute Gasteiger partial charge is 0.314 e. The lowest BCUT2D eigenvalue weighted by Crippen LogP contribution is -2.39. The molecular formula is C13H28N2O2S2. The van der Waals surface area contributed by atoms with Crippen molar-refractivity contribution in [3.05, 3.63) is 0 Å². The summed E-state index contributed by atoms with van der Waals surface area (Å²) >= 11 is 1.85. The molecule has 19 heavy (non-hydrogen) atoms. The average Bonchev–Trinajstić information content (AvgIpc) is 2.37. The molecule has 1 aliphatic rings. The summed E-state index contributed by atoms with van der Waals surface area (Å²) in [7, 11) is -3.12. The Balaban J connectivity index is 2.22. The van der Waals surface area contributed by atoms with Gasteiger partial charge in [-0.1, -0.05) is 13.3 Å². The fourth-order valence-corrected chi connectivity index (χ4v) is 4.55. The second-order valence-corrected chi connectivity index (χ2v) is 8.53. The van der Waals surface area contributed by atoms with Gasteiger partial charge in [0.25, 0.3) is 0 Å². The van der Waals surface area contributed by atoms with Gasteiger partial charge in [0.05, 0.1) is 5.75 Å². The van der Waals surface area contributed by atoms with E-state index in [0.29, 0.717) is 6.04 Å². The summed E-state index contributed by atoms with van der Waals surface area (Å²) < 4.78 is 26.7. The molecule has 0 aromatic heterocycles. The van der Waals surface area contributed by atoms with E-state index in [0.717, 1.165) is 37.3 Å². The molecule has 6 heteroatoms. The first-order valence-electron chi connectivity index (χ1n) is 7.34. The van der Waals surface area contributed by atoms with Gasteiger partial charge < -0.3 is 5.32 Å². The minimum Gasteiger partial charge on any atom is -0.314 e. The zero-order valence-electron chi connectivity index (χ0n) is 12.2. The number of nitrogens with one attached hydrogen (secondary N) is 2. The molecule has 4 nitrogen and oxygen atoms in total. The molecule has 2 unspecified atom stereocenters. The lowest BCUT2D eigenvalue weighted by Gasteiger charge is -2.23. The standard InChI is InChI=1S/C13H28N2O2S2/c1-3-18-10-7-12(2)15-19(16,17)11-8-13-6-4-5-9-14-13/h12-15H,3-11H2,1-2H3. The van der Waals surface area contributed by atoms with Crippen molar-refractivity contribution in [2.45, 2.75) is 58.0 Å². The SMILES string of the molecule is CCSCCC(C)NS(=O)(=O)CCC1CCCCN1. The number of thioether (sulfide) groups is 1. The van der Waals surface area contributed by atoms with E-state index in [2.05, 4.69) is 17.0 Å². The third-order valence-electron chi connectivity index (χ3n) is 3.43. The van der Waals surface area contributed by atoms with E-state index < -0.39 is 10.0 Å². The summed E-state index contributed by atoms with van der Waals surface area (Å²) in [6.45, 7) is 5.10. The third kappa shape index (κ3) is 8.17. The molecule has 1 saturated heterocycles. The molecule has 114 valence electrons. The first kappa shape index (κ1) is 17.3. The fourth-order valence-electron chi connectivity index (χ4n) is 2.30. The molecule has 1 rings (SSSR count). The number of rotatable bonds is 9. The highest BCUT2D eigenvalue weighted by Gasteiger charge is 2.18. The zero-order valence-corrected chi connectivity index (χ0v) is 13.8. The monoisotopic (exact) mass is 308 g/mol. The molecule has 0 radical (unpaired) electrons. The summed E-state index contributed by atoms with van der Waals surface area (Å²) in [5.74, 6) is 2.35. The van der Waals surface area contributed by atoms with Crippen molar-refractivity contribution in [2.24, 2.45) is 0 Å². The van der Waals surface area contributed by atoms with Gasteiger partial charge in [0.15, 0.2) is 0 Å². The first-order valence-corrected chi connectivity index (χ1v) is 10.2. The first-order chi connectivity index (χ1) is 9.03. The molecule has 1 aliphatic heterocycles. The molecule has 1 heterocycles. The predicted octanol–water partition coefficient (Wildman–Crippen LogP) is 1.97. The molecule has 0 aromatic rings. The Morgan fingerprint density at radius 2 is 2.21 bits per heavy atom. The summed E-state index contributed by atoms with van der Waals surface area (Å²) in [5.41, 5.74) is 0. The van der Waals surface area contributed by atoms with Crippen LogP contribution < -0.4 is 10.0 Å². The van der Waals surface area contributed by atoms with E-state index in [-0.39, 0.29) is 11.8 Å². The predicted molar refractivity (Wildman–Crippen MR) is 84.3 cm³/mol. The molecule has 2 atom stereocenters. The minimum absolute atomic E-state index is 0.0448. The van der Waals surface area contributed by atoms with Crippen LogP contribution in [0.1, 0.15) is 46.0 Å². The summed E-state index contributed by atoms with van der Waals surface area (Å²) in [4.78, 5) is 0. The van der Waals surface area contributed by atoms with E-state index >= 15 is 0 Å². The van der Waals surface area contributed by atoms with Crippen molar-refractivity contribution in [3.8, 4) is 0 Å². The topological polar surface area (TPSA) is 58.2 Å². The van der Waals surface area contributed by atoms with Crippen molar-refractivity contribution in [1.29, 1.82) is 0 Å². The Labute approximate surface area is 122 Å². The van der Waals surface area contributed by atoms with Crippen LogP contribution in [0.25, 0.3) is 0 Å². The van der Waals surface area contributed by atoms with Crippen molar-refractivity contribution < 1.29 is 8.42 Å². The van der Waals surface area contributed by atoms with Crippen LogP contribution in [0, 0.1) is 0 Å². The lowest BCUT2D eigenvalue weighted by molar-refractivity contribution is 0.392. The van der Waals surface area contributed by atoms with Crippen LogP contribution in [0.2, 0.25) is 0 Å². The Bertz CT molecular complexity index is 328. The molecule has 2 N–H and O–H groups in total. The average molecular weight is 309 g/mol. The summed E-state index contributed by atoms with van der Waals surface area (Å²) in [5, 5.41) is 3.39. The van der Waals surface area contributed by atoms with Crippen molar-refractivity contribution in [2.75, 3.05) is 23.8 Å². The highest BCUT2D eigenvalue weighted by atomic mass is 32.2. The van der Waals surface area contributed by atoms with Crippen LogP contribution in [0.3, 0.4) is 0 Å². The van der Waals surface area contributed by atoms with Crippen molar-refractivity contribution in [3.63, 3.8) is 0 Å². The summed E-state index contributed by atoms with van der Waals surface area (Å²) in [6, 6.07) is 0.430. The fraction of sp³-hybridized carbons (Fsp3) is 1.00. The van der Waals surface area contributed by atoms with Crippen LogP contribution in [-0.4, -0.2) is 44.3 Å². The van der Waals surface area contributed by atoms with Crippen molar-refractivity contribution >= 4 is 21.8 Å². The highest BCUT2D eigenvalue weighted by molar-refractivity contribution is 7.99. The Morgan fingerprint density at radius 1 is 1.42 bits per heavy atom. The van der Waals surface area contributed by atoms with Crippen LogP contribution in [0.5, 0.6) is 0 Å². The third-order valence-corrected chi connectivity index (χ3v) is 5.89. The van der Waals surface area contributed by atoms with Gasteiger partial charge in [-0.2, -0.15) is 11.8 Å². The molecule has 0 aromatic carbocycles. The lowest BCUT2D eigenvalue weighted by atomic mass is 10.0. The number of hydrogen-bond donors (Lipinski definition) is 2. The Morgan fingerprint density at radius 3 is 2.84 bits per heavy atom. The summed E-state index contributed by atoms with van der Waals surface area (Å²) in [6.07, 6.45) is 5.17. The second-order valence-electron chi connectivity index (χ2n) is 5.26. The maximum Gasteiger partial charge on any atom is 0.211 e. The smallest absolute Gasteiger partial charge is 0.211 e. The molecule has 0 amide bonds. The molecular weight excluding hydrogens is 280 g/mol.